The van der Waals surface area contributed by atoms with Crippen molar-refractivity contribution >= 4 is 22.6 Å². The molecule has 2 aromatic carbocycles. The number of carbonyl (C=O) groups excluding carboxylic acids is 1. The summed E-state index contributed by atoms with van der Waals surface area (Å²) in [5, 5.41) is 12.6. The summed E-state index contributed by atoms with van der Waals surface area (Å²) in [4.78, 5) is 25.8. The lowest BCUT2D eigenvalue weighted by molar-refractivity contribution is -0.122. The lowest BCUT2D eigenvalue weighted by Crippen LogP contribution is -2.36. The Hall–Kier alpha value is -3.48. The lowest BCUT2D eigenvalue weighted by Gasteiger charge is -2.22. The highest BCUT2D eigenvalue weighted by Gasteiger charge is 2.19. The molecule has 0 spiro atoms. The Bertz CT molecular complexity index is 1320. The Morgan fingerprint density at radius 1 is 0.939 bits per heavy atom. The molecule has 1 N–H and O–H groups in total. The van der Waals surface area contributed by atoms with Crippen LogP contribution in [0.2, 0.25) is 0 Å². The van der Waals surface area contributed by atoms with E-state index in [1.165, 1.54) is 19.3 Å². The van der Waals surface area contributed by atoms with Gasteiger partial charge in [0, 0.05) is 25.4 Å². The summed E-state index contributed by atoms with van der Waals surface area (Å²) in [6.07, 6.45) is 7.32. The average Bonchev–Trinajstić information content (AvgIpc) is 3.28. The highest BCUT2D eigenvalue weighted by molar-refractivity contribution is 5.80. The molecule has 0 saturated heterocycles. The fourth-order valence-corrected chi connectivity index (χ4v) is 4.84. The summed E-state index contributed by atoms with van der Waals surface area (Å²) < 4.78 is 3.64. The number of fused-ring (bicyclic) bond motifs is 3. The first-order chi connectivity index (χ1) is 16.2. The van der Waals surface area contributed by atoms with Crippen molar-refractivity contribution in [2.24, 2.45) is 0 Å². The third-order valence-corrected chi connectivity index (χ3v) is 6.59. The Morgan fingerprint density at radius 3 is 2.52 bits per heavy atom. The number of para-hydroxylation sites is 1. The molecule has 7 nitrogen and oxygen atoms in total. The Morgan fingerprint density at radius 2 is 1.70 bits per heavy atom. The maximum atomic E-state index is 13.3. The summed E-state index contributed by atoms with van der Waals surface area (Å²) in [6, 6.07) is 17.9. The third kappa shape index (κ3) is 4.53. The molecule has 4 aromatic rings. The first kappa shape index (κ1) is 21.4. The molecule has 0 unspecified atom stereocenters. The van der Waals surface area contributed by atoms with Crippen molar-refractivity contribution in [3.63, 3.8) is 0 Å². The van der Waals surface area contributed by atoms with E-state index in [0.29, 0.717) is 42.4 Å². The van der Waals surface area contributed by atoms with E-state index in [2.05, 4.69) is 27.6 Å². The zero-order valence-corrected chi connectivity index (χ0v) is 18.7. The molecule has 2 heterocycles. The largest absolute Gasteiger partial charge is 0.353 e. The molecule has 0 aliphatic heterocycles. The molecule has 2 aromatic heterocycles. The predicted molar refractivity (Wildman–Crippen MR) is 128 cm³/mol. The van der Waals surface area contributed by atoms with Crippen LogP contribution in [0.25, 0.3) is 16.7 Å². The van der Waals surface area contributed by atoms with Gasteiger partial charge in [0.1, 0.15) is 5.82 Å². The quantitative estimate of drug-likeness (QED) is 0.473. The van der Waals surface area contributed by atoms with Crippen LogP contribution in [0.3, 0.4) is 0 Å². The van der Waals surface area contributed by atoms with Crippen LogP contribution in [-0.2, 0) is 24.2 Å². The fraction of sp³-hybridized carbons (Fsp3) is 0.385. The van der Waals surface area contributed by atoms with Crippen LogP contribution in [0.5, 0.6) is 0 Å². The van der Waals surface area contributed by atoms with Crippen LogP contribution in [0.15, 0.2) is 59.4 Å². The van der Waals surface area contributed by atoms with Gasteiger partial charge in [0.05, 0.1) is 10.9 Å². The monoisotopic (exact) mass is 443 g/mol. The number of amides is 1. The molecule has 170 valence electrons. The first-order valence-electron chi connectivity index (χ1n) is 11.9. The van der Waals surface area contributed by atoms with E-state index in [9.17, 15) is 9.59 Å². The summed E-state index contributed by atoms with van der Waals surface area (Å²) in [5.74, 6) is 1.28. The van der Waals surface area contributed by atoms with Gasteiger partial charge in [0.15, 0.2) is 0 Å². The number of aryl methyl sites for hydroxylation is 3. The number of nitrogens with zero attached hydrogens (tertiary/aromatic N) is 4. The van der Waals surface area contributed by atoms with E-state index < -0.39 is 0 Å². The molecule has 0 bridgehead atoms. The molecule has 7 heteroatoms. The van der Waals surface area contributed by atoms with Crippen LogP contribution in [0.4, 0.5) is 0 Å². The van der Waals surface area contributed by atoms with Crippen molar-refractivity contribution < 1.29 is 4.79 Å². The van der Waals surface area contributed by atoms with Crippen LogP contribution >= 0.6 is 0 Å². The van der Waals surface area contributed by atoms with Gasteiger partial charge in [-0.25, -0.2) is 0 Å². The van der Waals surface area contributed by atoms with Crippen molar-refractivity contribution in [2.75, 3.05) is 0 Å². The molecule has 33 heavy (non-hydrogen) atoms. The normalized spacial score (nSPS) is 14.7. The van der Waals surface area contributed by atoms with Crippen LogP contribution < -0.4 is 10.9 Å². The highest BCUT2D eigenvalue weighted by Crippen LogP contribution is 2.18. The standard InChI is InChI=1S/C26H29N5O2/c32-24(27-20-11-5-2-6-12-20)16-15-23-28-29-26-30(18-17-19-9-3-1-4-10-19)25(33)21-13-7-8-14-22(21)31(23)26/h1,3-4,7-10,13-14,20H,2,5-6,11-12,15-18H2,(H,27,32). The third-order valence-electron chi connectivity index (χ3n) is 6.59. The second kappa shape index (κ2) is 9.57. The van der Waals surface area contributed by atoms with Crippen molar-refractivity contribution in [2.45, 2.75) is 64.0 Å². The van der Waals surface area contributed by atoms with Gasteiger partial charge >= 0.3 is 0 Å². The highest BCUT2D eigenvalue weighted by atomic mass is 16.1. The van der Waals surface area contributed by atoms with Gasteiger partial charge in [-0.05, 0) is 37.0 Å². The Kier molecular flexibility index (Phi) is 6.19. The summed E-state index contributed by atoms with van der Waals surface area (Å²) >= 11 is 0. The van der Waals surface area contributed by atoms with E-state index in [-0.39, 0.29) is 11.5 Å². The summed E-state index contributed by atoms with van der Waals surface area (Å²) in [6.45, 7) is 0.511. The van der Waals surface area contributed by atoms with E-state index in [1.807, 2.05) is 46.9 Å². The molecule has 1 aliphatic rings. The number of aromatic nitrogens is 4. The maximum absolute atomic E-state index is 13.3. The molecule has 1 fully saturated rings. The SMILES string of the molecule is O=C(CCc1nnc2n(CCc3ccccc3)c(=O)c3ccccc3n12)NC1CCCCC1. The Balaban J connectivity index is 1.43. The zero-order chi connectivity index (χ0) is 22.6. The minimum atomic E-state index is -0.0666. The summed E-state index contributed by atoms with van der Waals surface area (Å²) in [7, 11) is 0. The molecule has 0 atom stereocenters. The lowest BCUT2D eigenvalue weighted by atomic mass is 9.95. The average molecular weight is 444 g/mol. The van der Waals surface area contributed by atoms with Gasteiger partial charge in [-0.1, -0.05) is 61.7 Å². The molecule has 5 rings (SSSR count). The number of carbonyl (C=O) groups is 1. The number of hydrogen-bond donors (Lipinski definition) is 1. The van der Waals surface area contributed by atoms with Gasteiger partial charge in [-0.15, -0.1) is 10.2 Å². The Labute approximate surface area is 192 Å². The number of benzene rings is 2. The molecule has 1 saturated carbocycles. The number of rotatable bonds is 7. The van der Waals surface area contributed by atoms with Gasteiger partial charge in [-0.2, -0.15) is 0 Å². The minimum absolute atomic E-state index is 0.0559. The summed E-state index contributed by atoms with van der Waals surface area (Å²) in [5.41, 5.74) is 1.87. The maximum Gasteiger partial charge on any atom is 0.262 e. The first-order valence-corrected chi connectivity index (χ1v) is 11.9. The van der Waals surface area contributed by atoms with Gasteiger partial charge in [0.2, 0.25) is 11.7 Å². The van der Waals surface area contributed by atoms with E-state index in [4.69, 9.17) is 0 Å². The zero-order valence-electron chi connectivity index (χ0n) is 18.7. The predicted octanol–water partition coefficient (Wildman–Crippen LogP) is 3.67. The second-order valence-corrected chi connectivity index (χ2v) is 8.86. The van der Waals surface area contributed by atoms with Crippen LogP contribution in [-0.4, -0.2) is 31.1 Å². The number of hydrogen-bond acceptors (Lipinski definition) is 4. The molecular formula is C26H29N5O2. The number of nitrogens with one attached hydrogen (secondary N) is 1. The van der Waals surface area contributed by atoms with E-state index in [1.54, 1.807) is 4.57 Å². The second-order valence-electron chi connectivity index (χ2n) is 8.86. The van der Waals surface area contributed by atoms with Crippen molar-refractivity contribution in [3.05, 3.63) is 76.3 Å². The molecule has 0 radical (unpaired) electrons. The van der Waals surface area contributed by atoms with Crippen molar-refractivity contribution in [1.29, 1.82) is 0 Å². The van der Waals surface area contributed by atoms with E-state index >= 15 is 0 Å². The van der Waals surface area contributed by atoms with Crippen LogP contribution in [0, 0.1) is 0 Å². The topological polar surface area (TPSA) is 81.3 Å². The van der Waals surface area contributed by atoms with Gasteiger partial charge in [-0.3, -0.25) is 18.6 Å². The van der Waals surface area contributed by atoms with Crippen molar-refractivity contribution in [3.8, 4) is 0 Å². The van der Waals surface area contributed by atoms with Crippen molar-refractivity contribution in [1.82, 2.24) is 24.5 Å². The van der Waals surface area contributed by atoms with Gasteiger partial charge in [0.25, 0.3) is 5.56 Å². The van der Waals surface area contributed by atoms with E-state index in [0.717, 1.165) is 30.3 Å². The molecule has 1 aliphatic carbocycles. The molecule has 1 amide bonds. The fourth-order valence-electron chi connectivity index (χ4n) is 4.84. The minimum Gasteiger partial charge on any atom is -0.353 e. The van der Waals surface area contributed by atoms with Gasteiger partial charge < -0.3 is 5.32 Å². The molecular weight excluding hydrogens is 414 g/mol. The van der Waals surface area contributed by atoms with Crippen LogP contribution in [0.1, 0.15) is 49.9 Å². The smallest absolute Gasteiger partial charge is 0.262 e.